The van der Waals surface area contributed by atoms with E-state index in [1.54, 1.807) is 18.3 Å². The normalized spacial score (nSPS) is 10.6. The lowest BCUT2D eigenvalue weighted by Gasteiger charge is -2.10. The monoisotopic (exact) mass is 400 g/mol. The first kappa shape index (κ1) is 19.2. The Bertz CT molecular complexity index is 1000. The molecule has 0 aliphatic carbocycles. The van der Waals surface area contributed by atoms with Gasteiger partial charge in [-0.1, -0.05) is 65.7 Å². The average Bonchev–Trinajstić information content (AvgIpc) is 2.67. The van der Waals surface area contributed by atoms with Gasteiger partial charge in [-0.2, -0.15) is 0 Å². The highest BCUT2D eigenvalue weighted by Gasteiger charge is 2.12. The van der Waals surface area contributed by atoms with Crippen molar-refractivity contribution in [3.8, 4) is 0 Å². The summed E-state index contributed by atoms with van der Waals surface area (Å²) >= 11 is 12.1. The van der Waals surface area contributed by atoms with Gasteiger partial charge < -0.3 is 9.88 Å². The van der Waals surface area contributed by atoms with Gasteiger partial charge in [0.05, 0.1) is 16.6 Å². The summed E-state index contributed by atoms with van der Waals surface area (Å²) in [7, 11) is 0. The standard InChI is InChI=1S/C21H18Cl2N2O2/c22-18-10-4-8-16(19(18)23)11-12-24-20(26)17-9-5-13-25(21(17)27)14-15-6-2-1-3-7-15/h1-10,13H,11-12,14H2,(H,24,26). The van der Waals surface area contributed by atoms with Crippen molar-refractivity contribution in [2.45, 2.75) is 13.0 Å². The van der Waals surface area contributed by atoms with Crippen LogP contribution in [0.4, 0.5) is 0 Å². The number of carbonyl (C=O) groups is 1. The quantitative estimate of drug-likeness (QED) is 0.674. The maximum absolute atomic E-state index is 12.6. The molecule has 0 saturated carbocycles. The van der Waals surface area contributed by atoms with Gasteiger partial charge in [0, 0.05) is 12.7 Å². The van der Waals surface area contributed by atoms with Crippen LogP contribution in [0, 0.1) is 0 Å². The smallest absolute Gasteiger partial charge is 0.263 e. The van der Waals surface area contributed by atoms with Crippen molar-refractivity contribution in [2.24, 2.45) is 0 Å². The molecular weight excluding hydrogens is 383 g/mol. The average molecular weight is 401 g/mol. The van der Waals surface area contributed by atoms with E-state index in [4.69, 9.17) is 23.2 Å². The molecule has 0 saturated heterocycles. The summed E-state index contributed by atoms with van der Waals surface area (Å²) in [5.74, 6) is -0.402. The Morgan fingerprint density at radius 3 is 2.52 bits per heavy atom. The zero-order valence-corrected chi connectivity index (χ0v) is 16.0. The Kier molecular flexibility index (Phi) is 6.32. The van der Waals surface area contributed by atoms with E-state index >= 15 is 0 Å². The maximum Gasteiger partial charge on any atom is 0.263 e. The van der Waals surface area contributed by atoms with E-state index in [0.717, 1.165) is 11.1 Å². The predicted molar refractivity (Wildman–Crippen MR) is 109 cm³/mol. The Morgan fingerprint density at radius 2 is 1.74 bits per heavy atom. The van der Waals surface area contributed by atoms with Gasteiger partial charge in [-0.05, 0) is 35.7 Å². The summed E-state index contributed by atoms with van der Waals surface area (Å²) in [5, 5.41) is 3.74. The van der Waals surface area contributed by atoms with Gasteiger partial charge in [0.15, 0.2) is 0 Å². The highest BCUT2D eigenvalue weighted by atomic mass is 35.5. The molecule has 2 aromatic carbocycles. The van der Waals surface area contributed by atoms with E-state index in [2.05, 4.69) is 5.32 Å². The van der Waals surface area contributed by atoms with Gasteiger partial charge in [-0.25, -0.2) is 0 Å². The number of rotatable bonds is 6. The van der Waals surface area contributed by atoms with Crippen LogP contribution in [0.2, 0.25) is 10.0 Å². The molecule has 0 radical (unpaired) electrons. The van der Waals surface area contributed by atoms with Crippen LogP contribution in [0.25, 0.3) is 0 Å². The fraction of sp³-hybridized carbons (Fsp3) is 0.143. The molecular formula is C21H18Cl2N2O2. The zero-order chi connectivity index (χ0) is 19.2. The molecule has 0 bridgehead atoms. The third-order valence-corrected chi connectivity index (χ3v) is 5.03. The molecule has 1 N–H and O–H groups in total. The number of carbonyl (C=O) groups excluding carboxylic acids is 1. The van der Waals surface area contributed by atoms with Crippen LogP contribution in [0.3, 0.4) is 0 Å². The number of halogens is 2. The van der Waals surface area contributed by atoms with Gasteiger partial charge in [-0.3, -0.25) is 9.59 Å². The number of amides is 1. The van der Waals surface area contributed by atoms with Crippen LogP contribution in [0.15, 0.2) is 71.7 Å². The molecule has 0 spiro atoms. The van der Waals surface area contributed by atoms with Crippen molar-refractivity contribution < 1.29 is 4.79 Å². The van der Waals surface area contributed by atoms with Gasteiger partial charge in [0.25, 0.3) is 11.5 Å². The molecule has 0 atom stereocenters. The van der Waals surface area contributed by atoms with E-state index in [-0.39, 0.29) is 11.1 Å². The molecule has 0 aliphatic heterocycles. The predicted octanol–water partition coefficient (Wildman–Crippen LogP) is 4.18. The minimum Gasteiger partial charge on any atom is -0.352 e. The highest BCUT2D eigenvalue weighted by Crippen LogP contribution is 2.25. The second-order valence-corrected chi connectivity index (χ2v) is 6.84. The minimum atomic E-state index is -0.402. The van der Waals surface area contributed by atoms with Gasteiger partial charge in [0.2, 0.25) is 0 Å². The summed E-state index contributed by atoms with van der Waals surface area (Å²) in [6.45, 7) is 0.769. The van der Waals surface area contributed by atoms with Crippen molar-refractivity contribution in [1.29, 1.82) is 0 Å². The highest BCUT2D eigenvalue weighted by molar-refractivity contribution is 6.42. The third-order valence-electron chi connectivity index (χ3n) is 4.17. The number of hydrogen-bond donors (Lipinski definition) is 1. The third kappa shape index (κ3) is 4.79. The van der Waals surface area contributed by atoms with Gasteiger partial charge in [-0.15, -0.1) is 0 Å². The summed E-state index contributed by atoms with van der Waals surface area (Å²) < 4.78 is 1.53. The van der Waals surface area contributed by atoms with Crippen LogP contribution < -0.4 is 10.9 Å². The number of nitrogens with zero attached hydrogens (tertiary/aromatic N) is 1. The molecule has 6 heteroatoms. The van der Waals surface area contributed by atoms with Crippen LogP contribution in [0.5, 0.6) is 0 Å². The summed E-state index contributed by atoms with van der Waals surface area (Å²) in [6, 6.07) is 18.2. The Labute approximate surface area is 167 Å². The number of benzene rings is 2. The lowest BCUT2D eigenvalue weighted by molar-refractivity contribution is 0.0952. The SMILES string of the molecule is O=C(NCCc1cccc(Cl)c1Cl)c1cccn(Cc2ccccc2)c1=O. The summed E-state index contributed by atoms with van der Waals surface area (Å²) in [4.78, 5) is 25.0. The molecule has 0 aliphatic rings. The van der Waals surface area contributed by atoms with E-state index in [1.807, 2.05) is 42.5 Å². The minimum absolute atomic E-state index is 0.116. The fourth-order valence-electron chi connectivity index (χ4n) is 2.76. The number of nitrogens with one attached hydrogen (secondary N) is 1. The zero-order valence-electron chi connectivity index (χ0n) is 14.5. The Morgan fingerprint density at radius 1 is 0.963 bits per heavy atom. The number of aromatic nitrogens is 1. The van der Waals surface area contributed by atoms with Crippen LogP contribution >= 0.6 is 23.2 Å². The molecule has 27 heavy (non-hydrogen) atoms. The first-order chi connectivity index (χ1) is 13.1. The molecule has 3 aromatic rings. The molecule has 1 amide bonds. The van der Waals surface area contributed by atoms with Crippen molar-refractivity contribution in [3.05, 3.63) is 104 Å². The molecule has 138 valence electrons. The number of pyridine rings is 1. The van der Waals surface area contributed by atoms with E-state index in [0.29, 0.717) is 29.6 Å². The fourth-order valence-corrected chi connectivity index (χ4v) is 3.18. The second-order valence-electron chi connectivity index (χ2n) is 6.06. The lowest BCUT2D eigenvalue weighted by atomic mass is 10.1. The number of hydrogen-bond acceptors (Lipinski definition) is 2. The summed E-state index contributed by atoms with van der Waals surface area (Å²) in [5.41, 5.74) is 1.64. The second kappa shape index (κ2) is 8.89. The molecule has 4 nitrogen and oxygen atoms in total. The summed E-state index contributed by atoms with van der Waals surface area (Å²) in [6.07, 6.45) is 2.20. The van der Waals surface area contributed by atoms with Gasteiger partial charge in [0.1, 0.15) is 5.56 Å². The van der Waals surface area contributed by atoms with E-state index in [9.17, 15) is 9.59 Å². The molecule has 1 heterocycles. The Balaban J connectivity index is 1.67. The maximum atomic E-state index is 12.6. The molecule has 3 rings (SSSR count). The first-order valence-corrected chi connectivity index (χ1v) is 9.26. The topological polar surface area (TPSA) is 51.1 Å². The largest absolute Gasteiger partial charge is 0.352 e. The van der Waals surface area contributed by atoms with Crippen molar-refractivity contribution in [1.82, 2.24) is 9.88 Å². The Hall–Kier alpha value is -2.56. The van der Waals surface area contributed by atoms with Crippen LogP contribution in [-0.4, -0.2) is 17.0 Å². The lowest BCUT2D eigenvalue weighted by Crippen LogP contribution is -2.33. The molecule has 1 aromatic heterocycles. The van der Waals surface area contributed by atoms with Gasteiger partial charge >= 0.3 is 0 Å². The van der Waals surface area contributed by atoms with E-state index in [1.165, 1.54) is 10.6 Å². The molecule has 0 unspecified atom stereocenters. The van der Waals surface area contributed by atoms with Crippen molar-refractivity contribution in [2.75, 3.05) is 6.54 Å². The van der Waals surface area contributed by atoms with Crippen LogP contribution in [0.1, 0.15) is 21.5 Å². The first-order valence-electron chi connectivity index (χ1n) is 8.50. The van der Waals surface area contributed by atoms with E-state index < -0.39 is 5.91 Å². The van der Waals surface area contributed by atoms with Crippen LogP contribution in [-0.2, 0) is 13.0 Å². The van der Waals surface area contributed by atoms with Crippen molar-refractivity contribution >= 4 is 29.1 Å². The molecule has 0 fully saturated rings. The van der Waals surface area contributed by atoms with Crippen molar-refractivity contribution in [3.63, 3.8) is 0 Å².